The molecule has 3 heteroatoms. The Balaban J connectivity index is 1.51. The van der Waals surface area contributed by atoms with Gasteiger partial charge in [-0.15, -0.1) is 0 Å². The molecular weight excluding hydrogens is 372 g/mol. The summed E-state index contributed by atoms with van der Waals surface area (Å²) >= 11 is 0. The second-order valence-corrected chi connectivity index (χ2v) is 12.1. The minimum atomic E-state index is -0.291. The molecule has 170 valence electrons. The number of aliphatic hydroxyl groups excluding tert-OH is 2. The molecule has 0 aliphatic heterocycles. The van der Waals surface area contributed by atoms with Crippen LogP contribution in [0.3, 0.4) is 0 Å². The normalized spacial score (nSPS) is 45.2. The molecule has 4 rings (SSSR count). The molecule has 0 aromatic rings. The molecule has 9 atom stereocenters. The van der Waals surface area contributed by atoms with Crippen LogP contribution in [0.2, 0.25) is 0 Å². The Morgan fingerprint density at radius 1 is 1.00 bits per heavy atom. The summed E-state index contributed by atoms with van der Waals surface area (Å²) in [6.45, 7) is 9.79. The minimum Gasteiger partial charge on any atom is -0.396 e. The van der Waals surface area contributed by atoms with Crippen LogP contribution < -0.4 is 0 Å². The van der Waals surface area contributed by atoms with Crippen molar-refractivity contribution in [3.63, 3.8) is 0 Å². The molecule has 4 unspecified atom stereocenters. The summed E-state index contributed by atoms with van der Waals surface area (Å²) in [4.78, 5) is 13.2. The van der Waals surface area contributed by atoms with E-state index in [9.17, 15) is 15.0 Å². The van der Waals surface area contributed by atoms with Gasteiger partial charge in [0.15, 0.2) is 5.78 Å². The first-order chi connectivity index (χ1) is 14.2. The fraction of sp³-hybridized carbons (Fsp3) is 0.889. The molecule has 0 radical (unpaired) electrons. The van der Waals surface area contributed by atoms with Crippen LogP contribution in [0.5, 0.6) is 0 Å². The number of hydrogen-bond acceptors (Lipinski definition) is 3. The van der Waals surface area contributed by atoms with Gasteiger partial charge in [0.1, 0.15) is 0 Å². The summed E-state index contributed by atoms with van der Waals surface area (Å²) in [6.07, 6.45) is 13.0. The van der Waals surface area contributed by atoms with Crippen LogP contribution >= 0.6 is 0 Å². The molecule has 0 spiro atoms. The Bertz CT molecular complexity index is 684. The molecule has 0 aromatic carbocycles. The van der Waals surface area contributed by atoms with Gasteiger partial charge < -0.3 is 10.2 Å². The van der Waals surface area contributed by atoms with Gasteiger partial charge in [0.05, 0.1) is 6.10 Å². The molecule has 3 fully saturated rings. The number of rotatable bonds is 6. The molecule has 3 saturated carbocycles. The first kappa shape index (κ1) is 22.5. The zero-order valence-corrected chi connectivity index (χ0v) is 19.7. The largest absolute Gasteiger partial charge is 0.396 e. The van der Waals surface area contributed by atoms with Crippen LogP contribution in [0.15, 0.2) is 11.6 Å². The lowest BCUT2D eigenvalue weighted by Gasteiger charge is -2.57. The van der Waals surface area contributed by atoms with E-state index >= 15 is 0 Å². The van der Waals surface area contributed by atoms with Crippen LogP contribution in [-0.4, -0.2) is 28.7 Å². The topological polar surface area (TPSA) is 57.5 Å². The average Bonchev–Trinajstić information content (AvgIpc) is 3.06. The van der Waals surface area contributed by atoms with E-state index in [1.807, 2.05) is 0 Å². The van der Waals surface area contributed by atoms with Crippen molar-refractivity contribution in [3.8, 4) is 0 Å². The summed E-state index contributed by atoms with van der Waals surface area (Å²) < 4.78 is 0. The first-order valence-corrected chi connectivity index (χ1v) is 12.7. The van der Waals surface area contributed by atoms with Gasteiger partial charge >= 0.3 is 0 Å². The maximum Gasteiger partial charge on any atom is 0.159 e. The summed E-state index contributed by atoms with van der Waals surface area (Å²) in [5.41, 5.74) is 1.89. The summed E-state index contributed by atoms with van der Waals surface area (Å²) in [7, 11) is 0. The Morgan fingerprint density at radius 2 is 1.70 bits per heavy atom. The molecule has 4 aliphatic carbocycles. The van der Waals surface area contributed by atoms with E-state index in [4.69, 9.17) is 0 Å². The highest BCUT2D eigenvalue weighted by atomic mass is 16.3. The number of fused-ring (bicyclic) bond motifs is 5. The van der Waals surface area contributed by atoms with Crippen molar-refractivity contribution in [2.45, 2.75) is 98.0 Å². The van der Waals surface area contributed by atoms with E-state index in [1.165, 1.54) is 44.1 Å². The quantitative estimate of drug-likeness (QED) is 0.598. The molecule has 0 aromatic heterocycles. The fourth-order valence-corrected chi connectivity index (χ4v) is 8.40. The standard InChI is InChI=1S/C27H44O3/c1-17(16-28)6-5-7-18(2)21-8-9-22-20-15-25(30)24-14-19(29)10-12-27(24,4)23(20)11-13-26(21,22)3/h15,17-19,21-24,28-29H,5-14,16H2,1-4H3/t17?,18-,19+,21?,22?,23?,24-,26-,27-/m1/s1. The van der Waals surface area contributed by atoms with Crippen LogP contribution in [0, 0.1) is 46.3 Å². The van der Waals surface area contributed by atoms with Gasteiger partial charge in [-0.3, -0.25) is 4.79 Å². The van der Waals surface area contributed by atoms with Gasteiger partial charge in [-0.25, -0.2) is 0 Å². The van der Waals surface area contributed by atoms with E-state index in [0.29, 0.717) is 42.0 Å². The van der Waals surface area contributed by atoms with Crippen molar-refractivity contribution in [3.05, 3.63) is 11.6 Å². The molecule has 0 heterocycles. The average molecular weight is 417 g/mol. The summed E-state index contributed by atoms with van der Waals surface area (Å²) in [5, 5.41) is 19.5. The molecule has 30 heavy (non-hydrogen) atoms. The van der Waals surface area contributed by atoms with E-state index in [2.05, 4.69) is 33.8 Å². The summed E-state index contributed by atoms with van der Waals surface area (Å²) in [5.74, 6) is 3.35. The molecule has 4 aliphatic rings. The molecule has 3 nitrogen and oxygen atoms in total. The third-order valence-electron chi connectivity index (χ3n) is 10.3. The highest BCUT2D eigenvalue weighted by Gasteiger charge is 2.59. The van der Waals surface area contributed by atoms with Crippen molar-refractivity contribution in [1.82, 2.24) is 0 Å². The van der Waals surface area contributed by atoms with Gasteiger partial charge in [-0.05, 0) is 97.9 Å². The van der Waals surface area contributed by atoms with Gasteiger partial charge in [-0.2, -0.15) is 0 Å². The Kier molecular flexibility index (Phi) is 6.27. The van der Waals surface area contributed by atoms with Crippen LogP contribution in [0.1, 0.15) is 91.9 Å². The van der Waals surface area contributed by atoms with Crippen molar-refractivity contribution < 1.29 is 15.0 Å². The zero-order valence-electron chi connectivity index (χ0n) is 19.7. The maximum atomic E-state index is 13.2. The number of carbonyl (C=O) groups excluding carboxylic acids is 1. The van der Waals surface area contributed by atoms with Gasteiger partial charge in [0.25, 0.3) is 0 Å². The maximum absolute atomic E-state index is 13.2. The fourth-order valence-electron chi connectivity index (χ4n) is 8.40. The van der Waals surface area contributed by atoms with Crippen LogP contribution in [0.4, 0.5) is 0 Å². The third kappa shape index (κ3) is 3.62. The van der Waals surface area contributed by atoms with Gasteiger partial charge in [0.2, 0.25) is 0 Å². The number of ketones is 1. The second kappa shape index (κ2) is 8.35. The van der Waals surface area contributed by atoms with E-state index in [-0.39, 0.29) is 17.4 Å². The van der Waals surface area contributed by atoms with Crippen molar-refractivity contribution >= 4 is 5.78 Å². The molecule has 0 amide bonds. The van der Waals surface area contributed by atoms with Crippen LogP contribution in [0.25, 0.3) is 0 Å². The Hall–Kier alpha value is -0.670. The second-order valence-electron chi connectivity index (χ2n) is 12.1. The molecule has 0 saturated heterocycles. The number of aliphatic hydroxyl groups is 2. The van der Waals surface area contributed by atoms with E-state index in [0.717, 1.165) is 31.1 Å². The van der Waals surface area contributed by atoms with Crippen molar-refractivity contribution in [2.75, 3.05) is 6.61 Å². The highest BCUT2D eigenvalue weighted by molar-refractivity contribution is 5.94. The van der Waals surface area contributed by atoms with E-state index in [1.54, 1.807) is 0 Å². The van der Waals surface area contributed by atoms with Crippen molar-refractivity contribution in [2.24, 2.45) is 46.3 Å². The minimum absolute atomic E-state index is 0.0315. The van der Waals surface area contributed by atoms with Crippen LogP contribution in [-0.2, 0) is 4.79 Å². The lowest BCUT2D eigenvalue weighted by Crippen LogP contribution is -2.52. The predicted octanol–water partition coefficient (Wildman–Crippen LogP) is 5.54. The van der Waals surface area contributed by atoms with E-state index < -0.39 is 0 Å². The van der Waals surface area contributed by atoms with Gasteiger partial charge in [0, 0.05) is 12.5 Å². The monoisotopic (exact) mass is 416 g/mol. The number of carbonyl (C=O) groups is 1. The van der Waals surface area contributed by atoms with Crippen molar-refractivity contribution in [1.29, 1.82) is 0 Å². The lowest BCUT2D eigenvalue weighted by molar-refractivity contribution is -0.132. The third-order valence-corrected chi connectivity index (χ3v) is 10.3. The van der Waals surface area contributed by atoms with Gasteiger partial charge in [-0.1, -0.05) is 46.1 Å². The Morgan fingerprint density at radius 3 is 2.43 bits per heavy atom. The molecular formula is C27H44O3. The smallest absolute Gasteiger partial charge is 0.159 e. The number of allylic oxidation sites excluding steroid dienone is 2. The predicted molar refractivity (Wildman–Crippen MR) is 121 cm³/mol. The highest BCUT2D eigenvalue weighted by Crippen LogP contribution is 2.66. The number of hydrogen-bond donors (Lipinski definition) is 2. The SMILES string of the molecule is CC(CO)CCC[C@@H](C)C1CCC2C3=CC(=O)[C@H]4C[C@@H](O)CC[C@]4(C)C3CC[C@@]21C. The molecule has 0 bridgehead atoms. The Labute approximate surface area is 183 Å². The lowest BCUT2D eigenvalue weighted by atomic mass is 9.47. The first-order valence-electron chi connectivity index (χ1n) is 12.7. The molecule has 2 N–H and O–H groups in total. The summed E-state index contributed by atoms with van der Waals surface area (Å²) in [6, 6.07) is 0. The zero-order chi connectivity index (χ0) is 21.7.